The van der Waals surface area contributed by atoms with Gasteiger partial charge in [-0.05, 0) is 37.5 Å². The molecule has 0 bridgehead atoms. The molecule has 4 nitrogen and oxygen atoms in total. The maximum Gasteiger partial charge on any atom is 0.224 e. The molecule has 1 amide bonds. The van der Waals surface area contributed by atoms with Crippen LogP contribution in [0.25, 0.3) is 0 Å². The maximum absolute atomic E-state index is 12.4. The van der Waals surface area contributed by atoms with Crippen molar-refractivity contribution in [3.63, 3.8) is 0 Å². The Bertz CT molecular complexity index is 373. The maximum atomic E-state index is 12.4. The molecular formula is C15H26N2O2. The zero-order chi connectivity index (χ0) is 14.7. The van der Waals surface area contributed by atoms with Gasteiger partial charge in [0.1, 0.15) is 5.54 Å². The summed E-state index contributed by atoms with van der Waals surface area (Å²) >= 11 is 0. The Morgan fingerprint density at radius 1 is 1.53 bits per heavy atom. The highest BCUT2D eigenvalue weighted by atomic mass is 16.5. The molecule has 0 aliphatic heterocycles. The van der Waals surface area contributed by atoms with Gasteiger partial charge in [0.2, 0.25) is 5.91 Å². The number of methoxy groups -OCH3 is 1. The number of carbonyl (C=O) groups excluding carboxylic acids is 1. The van der Waals surface area contributed by atoms with E-state index < -0.39 is 5.54 Å². The van der Waals surface area contributed by atoms with Crippen LogP contribution in [0.5, 0.6) is 0 Å². The van der Waals surface area contributed by atoms with E-state index in [1.807, 2.05) is 0 Å². The number of nitriles is 1. The van der Waals surface area contributed by atoms with Crippen LogP contribution in [0.3, 0.4) is 0 Å². The standard InChI is InChI=1S/C15H26N2O2/c1-11-6-12(8-14(2,3)7-11)13(18)17-15(4,9-16)10-19-5/h11-12H,6-8,10H2,1-5H3,(H,17,18)/t11-,12-,15-/m0/s1. The van der Waals surface area contributed by atoms with Gasteiger partial charge in [-0.1, -0.05) is 20.8 Å². The monoisotopic (exact) mass is 266 g/mol. The Morgan fingerprint density at radius 2 is 2.16 bits per heavy atom. The van der Waals surface area contributed by atoms with E-state index in [-0.39, 0.29) is 23.8 Å². The molecule has 0 radical (unpaired) electrons. The number of amides is 1. The van der Waals surface area contributed by atoms with Crippen molar-refractivity contribution in [1.29, 1.82) is 5.26 Å². The van der Waals surface area contributed by atoms with E-state index in [1.54, 1.807) is 6.92 Å². The molecule has 3 atom stereocenters. The van der Waals surface area contributed by atoms with Crippen LogP contribution < -0.4 is 5.32 Å². The van der Waals surface area contributed by atoms with Crippen molar-refractivity contribution < 1.29 is 9.53 Å². The Morgan fingerprint density at radius 3 is 2.63 bits per heavy atom. The van der Waals surface area contributed by atoms with E-state index in [0.717, 1.165) is 19.3 Å². The first-order chi connectivity index (χ1) is 8.71. The van der Waals surface area contributed by atoms with Crippen LogP contribution >= 0.6 is 0 Å². The number of hydrogen-bond donors (Lipinski definition) is 1. The second-order valence-electron chi connectivity index (χ2n) is 6.98. The molecule has 4 heteroatoms. The van der Waals surface area contributed by atoms with Gasteiger partial charge in [-0.25, -0.2) is 0 Å². The van der Waals surface area contributed by atoms with Gasteiger partial charge >= 0.3 is 0 Å². The van der Waals surface area contributed by atoms with Crippen molar-refractivity contribution in [2.45, 2.75) is 52.5 Å². The van der Waals surface area contributed by atoms with Gasteiger partial charge < -0.3 is 10.1 Å². The minimum absolute atomic E-state index is 0.00304. The van der Waals surface area contributed by atoms with Gasteiger partial charge in [0, 0.05) is 13.0 Å². The minimum atomic E-state index is -0.934. The molecule has 1 saturated carbocycles. The summed E-state index contributed by atoms with van der Waals surface area (Å²) in [5, 5.41) is 12.0. The molecule has 1 rings (SSSR count). The molecular weight excluding hydrogens is 240 g/mol. The lowest BCUT2D eigenvalue weighted by molar-refractivity contribution is -0.129. The number of rotatable bonds is 4. The van der Waals surface area contributed by atoms with Gasteiger partial charge in [-0.2, -0.15) is 5.26 Å². The fourth-order valence-corrected chi connectivity index (χ4v) is 3.30. The molecule has 0 spiro atoms. The molecule has 1 N–H and O–H groups in total. The zero-order valence-electron chi connectivity index (χ0n) is 12.7. The number of carbonyl (C=O) groups is 1. The van der Waals surface area contributed by atoms with E-state index in [4.69, 9.17) is 4.74 Å². The predicted molar refractivity (Wildman–Crippen MR) is 74.3 cm³/mol. The molecule has 0 unspecified atom stereocenters. The molecule has 0 saturated heterocycles. The van der Waals surface area contributed by atoms with Crippen LogP contribution in [-0.2, 0) is 9.53 Å². The lowest BCUT2D eigenvalue weighted by Crippen LogP contribution is -2.51. The average molecular weight is 266 g/mol. The molecule has 1 aliphatic rings. The largest absolute Gasteiger partial charge is 0.381 e. The van der Waals surface area contributed by atoms with Crippen molar-refractivity contribution in [1.82, 2.24) is 5.32 Å². The molecule has 0 aromatic heterocycles. The summed E-state index contributed by atoms with van der Waals surface area (Å²) in [5.74, 6) is 0.541. The SMILES string of the molecule is COC[C@](C)(C#N)NC(=O)[C@H]1C[C@H](C)CC(C)(C)C1. The van der Waals surface area contributed by atoms with E-state index in [9.17, 15) is 10.1 Å². The molecule has 1 aliphatic carbocycles. The van der Waals surface area contributed by atoms with Crippen LogP contribution in [0, 0.1) is 28.6 Å². The minimum Gasteiger partial charge on any atom is -0.381 e. The molecule has 108 valence electrons. The Hall–Kier alpha value is -1.08. The van der Waals surface area contributed by atoms with Crippen molar-refractivity contribution in [3.05, 3.63) is 0 Å². The van der Waals surface area contributed by atoms with E-state index in [1.165, 1.54) is 7.11 Å². The second-order valence-corrected chi connectivity index (χ2v) is 6.98. The van der Waals surface area contributed by atoms with Crippen LogP contribution in [0.2, 0.25) is 0 Å². The van der Waals surface area contributed by atoms with Crippen LogP contribution in [0.15, 0.2) is 0 Å². The molecule has 1 fully saturated rings. The highest BCUT2D eigenvalue weighted by Crippen LogP contribution is 2.41. The van der Waals surface area contributed by atoms with E-state index in [0.29, 0.717) is 5.92 Å². The lowest BCUT2D eigenvalue weighted by atomic mass is 9.67. The van der Waals surface area contributed by atoms with E-state index in [2.05, 4.69) is 32.2 Å². The molecule has 0 heterocycles. The van der Waals surface area contributed by atoms with E-state index >= 15 is 0 Å². The van der Waals surface area contributed by atoms with Gasteiger partial charge in [-0.3, -0.25) is 4.79 Å². The fourth-order valence-electron chi connectivity index (χ4n) is 3.30. The predicted octanol–water partition coefficient (Wildman–Crippen LogP) is 2.49. The third-order valence-electron chi connectivity index (χ3n) is 3.84. The topological polar surface area (TPSA) is 62.1 Å². The van der Waals surface area contributed by atoms with Crippen molar-refractivity contribution in [3.8, 4) is 6.07 Å². The number of nitrogens with zero attached hydrogens (tertiary/aromatic N) is 1. The zero-order valence-corrected chi connectivity index (χ0v) is 12.7. The summed E-state index contributed by atoms with van der Waals surface area (Å²) in [6.07, 6.45) is 2.95. The quantitative estimate of drug-likeness (QED) is 0.850. The van der Waals surface area contributed by atoms with Crippen molar-refractivity contribution >= 4 is 5.91 Å². The smallest absolute Gasteiger partial charge is 0.224 e. The summed E-state index contributed by atoms with van der Waals surface area (Å²) in [5.41, 5.74) is -0.735. The Kier molecular flexibility index (Phi) is 4.98. The number of ether oxygens (including phenoxy) is 1. The Labute approximate surface area is 116 Å². The first-order valence-corrected chi connectivity index (χ1v) is 6.93. The number of hydrogen-bond acceptors (Lipinski definition) is 3. The lowest BCUT2D eigenvalue weighted by Gasteiger charge is -2.39. The third-order valence-corrected chi connectivity index (χ3v) is 3.84. The fraction of sp³-hybridized carbons (Fsp3) is 0.867. The first-order valence-electron chi connectivity index (χ1n) is 6.93. The summed E-state index contributed by atoms with van der Waals surface area (Å²) in [7, 11) is 1.54. The molecule has 19 heavy (non-hydrogen) atoms. The average Bonchev–Trinajstić information content (AvgIpc) is 2.26. The first kappa shape index (κ1) is 16.0. The number of nitrogens with one attached hydrogen (secondary N) is 1. The van der Waals surface area contributed by atoms with Crippen molar-refractivity contribution in [2.24, 2.45) is 17.3 Å². The van der Waals surface area contributed by atoms with Gasteiger partial charge in [0.25, 0.3) is 0 Å². The summed E-state index contributed by atoms with van der Waals surface area (Å²) in [4.78, 5) is 12.4. The molecule has 0 aromatic rings. The summed E-state index contributed by atoms with van der Waals surface area (Å²) in [6.45, 7) is 8.52. The summed E-state index contributed by atoms with van der Waals surface area (Å²) in [6, 6.07) is 2.12. The van der Waals surface area contributed by atoms with Gasteiger partial charge in [-0.15, -0.1) is 0 Å². The van der Waals surface area contributed by atoms with Gasteiger partial charge in [0.05, 0.1) is 12.7 Å². The highest BCUT2D eigenvalue weighted by molar-refractivity contribution is 5.80. The van der Waals surface area contributed by atoms with Crippen molar-refractivity contribution in [2.75, 3.05) is 13.7 Å². The normalized spacial score (nSPS) is 29.1. The second kappa shape index (κ2) is 5.92. The van der Waals surface area contributed by atoms with Crippen LogP contribution in [0.1, 0.15) is 47.0 Å². The van der Waals surface area contributed by atoms with Crippen LogP contribution in [-0.4, -0.2) is 25.2 Å². The third kappa shape index (κ3) is 4.50. The highest BCUT2D eigenvalue weighted by Gasteiger charge is 2.37. The van der Waals surface area contributed by atoms with Gasteiger partial charge in [0.15, 0.2) is 0 Å². The molecule has 0 aromatic carbocycles. The van der Waals surface area contributed by atoms with Crippen LogP contribution in [0.4, 0.5) is 0 Å². The summed E-state index contributed by atoms with van der Waals surface area (Å²) < 4.78 is 5.01. The Balaban J connectivity index is 2.70.